The molecule has 0 spiro atoms. The number of para-hydroxylation sites is 1. The van der Waals surface area contributed by atoms with E-state index < -0.39 is 0 Å². The van der Waals surface area contributed by atoms with E-state index in [0.717, 1.165) is 18.5 Å². The van der Waals surface area contributed by atoms with Gasteiger partial charge in [0.25, 0.3) is 0 Å². The van der Waals surface area contributed by atoms with Gasteiger partial charge < -0.3 is 15.0 Å². The van der Waals surface area contributed by atoms with Gasteiger partial charge in [0.15, 0.2) is 0 Å². The average molecular weight is 294 g/mol. The molecule has 0 radical (unpaired) electrons. The minimum atomic E-state index is -0.199. The van der Waals surface area contributed by atoms with Crippen LogP contribution >= 0.6 is 0 Å². The normalized spacial score (nSPS) is 12.2. The van der Waals surface area contributed by atoms with Gasteiger partial charge in [-0.05, 0) is 31.5 Å². The van der Waals surface area contributed by atoms with Crippen molar-refractivity contribution in [3.8, 4) is 0 Å². The number of methoxy groups -OCH3 is 1. The molecule has 0 fully saturated rings. The molecular formula is C17H27FN2O. The Morgan fingerprint density at radius 2 is 2.24 bits per heavy atom. The van der Waals surface area contributed by atoms with Crippen molar-refractivity contribution in [2.24, 2.45) is 0 Å². The molecule has 1 atom stereocenters. The zero-order valence-electron chi connectivity index (χ0n) is 13.4. The van der Waals surface area contributed by atoms with Crippen molar-refractivity contribution < 1.29 is 9.13 Å². The van der Waals surface area contributed by atoms with Crippen LogP contribution in [-0.2, 0) is 4.74 Å². The van der Waals surface area contributed by atoms with E-state index in [1.165, 1.54) is 6.07 Å². The SMILES string of the molecule is C=CCN(CCOC)c1c(F)cccc1C(C)NCCC. The Bertz CT molecular complexity index is 437. The standard InChI is InChI=1S/C17H27FN2O/c1-5-10-19-14(3)15-8-7-9-16(18)17(15)20(11-6-2)12-13-21-4/h6-9,14,19H,2,5,10-13H2,1,3-4H3. The third-order valence-corrected chi connectivity index (χ3v) is 3.42. The molecule has 21 heavy (non-hydrogen) atoms. The molecule has 0 aliphatic rings. The summed E-state index contributed by atoms with van der Waals surface area (Å²) in [5.41, 5.74) is 1.62. The number of halogens is 1. The van der Waals surface area contributed by atoms with E-state index >= 15 is 0 Å². The highest BCUT2D eigenvalue weighted by molar-refractivity contribution is 5.56. The third kappa shape index (κ3) is 5.14. The molecule has 1 aromatic rings. The number of nitrogens with one attached hydrogen (secondary N) is 1. The highest BCUT2D eigenvalue weighted by atomic mass is 19.1. The van der Waals surface area contributed by atoms with E-state index in [2.05, 4.69) is 25.7 Å². The Morgan fingerprint density at radius 3 is 2.86 bits per heavy atom. The van der Waals surface area contributed by atoms with Crippen LogP contribution < -0.4 is 10.2 Å². The molecule has 0 amide bonds. The van der Waals surface area contributed by atoms with E-state index in [-0.39, 0.29) is 11.9 Å². The molecule has 3 nitrogen and oxygen atoms in total. The van der Waals surface area contributed by atoms with E-state index in [1.807, 2.05) is 11.0 Å². The number of hydrogen-bond donors (Lipinski definition) is 1. The van der Waals surface area contributed by atoms with Gasteiger partial charge in [-0.15, -0.1) is 6.58 Å². The molecular weight excluding hydrogens is 267 g/mol. The topological polar surface area (TPSA) is 24.5 Å². The first kappa shape index (κ1) is 17.7. The first-order valence-corrected chi connectivity index (χ1v) is 7.52. The third-order valence-electron chi connectivity index (χ3n) is 3.42. The summed E-state index contributed by atoms with van der Waals surface area (Å²) in [4.78, 5) is 1.98. The predicted molar refractivity (Wildman–Crippen MR) is 87.4 cm³/mol. The minimum Gasteiger partial charge on any atom is -0.383 e. The molecule has 0 saturated heterocycles. The Hall–Kier alpha value is -1.39. The highest BCUT2D eigenvalue weighted by Crippen LogP contribution is 2.29. The summed E-state index contributed by atoms with van der Waals surface area (Å²) in [5.74, 6) is -0.199. The zero-order valence-corrected chi connectivity index (χ0v) is 13.4. The summed E-state index contributed by atoms with van der Waals surface area (Å²) in [5, 5.41) is 3.42. The van der Waals surface area contributed by atoms with Crippen molar-refractivity contribution >= 4 is 5.69 Å². The number of ether oxygens (including phenoxy) is 1. The lowest BCUT2D eigenvalue weighted by Gasteiger charge is -2.28. The van der Waals surface area contributed by atoms with Crippen molar-refractivity contribution in [3.05, 3.63) is 42.2 Å². The Balaban J connectivity index is 3.08. The highest BCUT2D eigenvalue weighted by Gasteiger charge is 2.18. The lowest BCUT2D eigenvalue weighted by Crippen LogP contribution is -2.31. The first-order chi connectivity index (χ1) is 10.2. The second-order valence-corrected chi connectivity index (χ2v) is 5.08. The summed E-state index contributed by atoms with van der Waals surface area (Å²) in [7, 11) is 1.65. The quantitative estimate of drug-likeness (QED) is 0.668. The van der Waals surface area contributed by atoms with Crippen LogP contribution in [0.2, 0.25) is 0 Å². The number of benzene rings is 1. The monoisotopic (exact) mass is 294 g/mol. The van der Waals surface area contributed by atoms with E-state index in [9.17, 15) is 4.39 Å². The van der Waals surface area contributed by atoms with Gasteiger partial charge >= 0.3 is 0 Å². The average Bonchev–Trinajstić information content (AvgIpc) is 2.49. The largest absolute Gasteiger partial charge is 0.383 e. The molecule has 118 valence electrons. The lowest BCUT2D eigenvalue weighted by atomic mass is 10.0. The van der Waals surface area contributed by atoms with Crippen LogP contribution in [0.15, 0.2) is 30.9 Å². The minimum absolute atomic E-state index is 0.102. The molecule has 0 heterocycles. The zero-order chi connectivity index (χ0) is 15.7. The van der Waals surface area contributed by atoms with Gasteiger partial charge in [-0.2, -0.15) is 0 Å². The van der Waals surface area contributed by atoms with Crippen molar-refractivity contribution in [2.75, 3.05) is 38.3 Å². The molecule has 1 unspecified atom stereocenters. The van der Waals surface area contributed by atoms with Gasteiger partial charge in [0.05, 0.1) is 12.3 Å². The summed E-state index contributed by atoms with van der Waals surface area (Å²) in [6, 6.07) is 5.36. The predicted octanol–water partition coefficient (Wildman–Crippen LogP) is 3.53. The fourth-order valence-electron chi connectivity index (χ4n) is 2.34. The Kier molecular flexibility index (Phi) is 8.01. The van der Waals surface area contributed by atoms with Crippen molar-refractivity contribution in [2.45, 2.75) is 26.3 Å². The van der Waals surface area contributed by atoms with Crippen LogP contribution in [0.3, 0.4) is 0 Å². The van der Waals surface area contributed by atoms with Crippen LogP contribution in [0.4, 0.5) is 10.1 Å². The summed E-state index contributed by atoms with van der Waals surface area (Å²) >= 11 is 0. The molecule has 0 aliphatic heterocycles. The van der Waals surface area contributed by atoms with Crippen LogP contribution in [0.5, 0.6) is 0 Å². The Morgan fingerprint density at radius 1 is 1.48 bits per heavy atom. The van der Waals surface area contributed by atoms with Gasteiger partial charge in [0.2, 0.25) is 0 Å². The molecule has 1 rings (SSSR count). The second-order valence-electron chi connectivity index (χ2n) is 5.08. The smallest absolute Gasteiger partial charge is 0.146 e. The van der Waals surface area contributed by atoms with Gasteiger partial charge in [0.1, 0.15) is 5.82 Å². The first-order valence-electron chi connectivity index (χ1n) is 7.52. The molecule has 1 N–H and O–H groups in total. The summed E-state index contributed by atoms with van der Waals surface area (Å²) in [6.07, 6.45) is 2.84. The van der Waals surface area contributed by atoms with Crippen molar-refractivity contribution in [3.63, 3.8) is 0 Å². The molecule has 0 bridgehead atoms. The summed E-state index contributed by atoms with van der Waals surface area (Å²) in [6.45, 7) is 10.7. The van der Waals surface area contributed by atoms with E-state index in [1.54, 1.807) is 19.3 Å². The number of anilines is 1. The van der Waals surface area contributed by atoms with Crippen LogP contribution in [0.25, 0.3) is 0 Å². The van der Waals surface area contributed by atoms with Crippen LogP contribution in [-0.4, -0.2) is 33.4 Å². The molecule has 1 aromatic carbocycles. The fourth-order valence-corrected chi connectivity index (χ4v) is 2.34. The lowest BCUT2D eigenvalue weighted by molar-refractivity contribution is 0.205. The maximum Gasteiger partial charge on any atom is 0.146 e. The van der Waals surface area contributed by atoms with Crippen LogP contribution in [0.1, 0.15) is 31.9 Å². The van der Waals surface area contributed by atoms with Gasteiger partial charge in [-0.25, -0.2) is 4.39 Å². The Labute approximate surface area is 127 Å². The maximum absolute atomic E-state index is 14.4. The van der Waals surface area contributed by atoms with Crippen molar-refractivity contribution in [1.82, 2.24) is 5.32 Å². The van der Waals surface area contributed by atoms with Crippen LogP contribution in [0, 0.1) is 5.82 Å². The fraction of sp³-hybridized carbons (Fsp3) is 0.529. The summed E-state index contributed by atoms with van der Waals surface area (Å²) < 4.78 is 19.5. The number of hydrogen-bond acceptors (Lipinski definition) is 3. The molecule has 0 saturated carbocycles. The second kappa shape index (κ2) is 9.53. The number of rotatable bonds is 10. The van der Waals surface area contributed by atoms with Gasteiger partial charge in [0, 0.05) is 26.2 Å². The van der Waals surface area contributed by atoms with Crippen molar-refractivity contribution in [1.29, 1.82) is 0 Å². The van der Waals surface area contributed by atoms with E-state index in [0.29, 0.717) is 25.4 Å². The van der Waals surface area contributed by atoms with Gasteiger partial charge in [-0.3, -0.25) is 0 Å². The van der Waals surface area contributed by atoms with E-state index in [4.69, 9.17) is 4.74 Å². The molecule has 4 heteroatoms. The molecule has 0 aromatic heterocycles. The molecule has 0 aliphatic carbocycles. The number of nitrogens with zero attached hydrogens (tertiary/aromatic N) is 1. The van der Waals surface area contributed by atoms with Gasteiger partial charge in [-0.1, -0.05) is 25.1 Å². The maximum atomic E-state index is 14.4.